The zero-order valence-electron chi connectivity index (χ0n) is 15.4. The van der Waals surface area contributed by atoms with Gasteiger partial charge >= 0.3 is 0 Å². The van der Waals surface area contributed by atoms with Crippen molar-refractivity contribution in [3.05, 3.63) is 60.2 Å². The first kappa shape index (κ1) is 17.4. The van der Waals surface area contributed by atoms with Crippen LogP contribution in [0.5, 0.6) is 0 Å². The fourth-order valence-electron chi connectivity index (χ4n) is 3.34. The Morgan fingerprint density at radius 2 is 2.00 bits per heavy atom. The smallest absolute Gasteiger partial charge is 0.231 e. The summed E-state index contributed by atoms with van der Waals surface area (Å²) in [5.41, 5.74) is 2.72. The first-order valence-corrected chi connectivity index (χ1v) is 9.50. The number of carbonyl (C=O) groups excluding carboxylic acids is 1. The molecule has 1 saturated carbocycles. The number of nitrogens with one attached hydrogen (secondary N) is 1. The van der Waals surface area contributed by atoms with Crippen LogP contribution >= 0.6 is 0 Å². The fraction of sp³-hybridized carbons (Fsp3) is 0.333. The fourth-order valence-corrected chi connectivity index (χ4v) is 3.34. The van der Waals surface area contributed by atoms with Crippen LogP contribution in [-0.2, 0) is 4.79 Å². The van der Waals surface area contributed by atoms with E-state index in [1.54, 1.807) is 0 Å². The van der Waals surface area contributed by atoms with Crippen LogP contribution in [0.3, 0.4) is 0 Å². The molecule has 1 atom stereocenters. The predicted molar refractivity (Wildman–Crippen MR) is 104 cm³/mol. The van der Waals surface area contributed by atoms with Gasteiger partial charge in [-0.2, -0.15) is 0 Å². The molecule has 1 heterocycles. The molecule has 3 aromatic rings. The number of amides is 1. The Bertz CT molecular complexity index is 917. The van der Waals surface area contributed by atoms with Crippen LogP contribution in [0.25, 0.3) is 11.4 Å². The maximum Gasteiger partial charge on any atom is 0.231 e. The molecule has 0 radical (unpaired) electrons. The summed E-state index contributed by atoms with van der Waals surface area (Å²) in [6, 6.07) is 18.1. The average molecular weight is 361 g/mol. The number of aromatic nitrogens is 4. The second-order valence-corrected chi connectivity index (χ2v) is 7.00. The van der Waals surface area contributed by atoms with Crippen molar-refractivity contribution in [2.45, 2.75) is 44.6 Å². The van der Waals surface area contributed by atoms with Gasteiger partial charge in [0.1, 0.15) is 0 Å². The van der Waals surface area contributed by atoms with Crippen molar-refractivity contribution in [3.63, 3.8) is 0 Å². The zero-order valence-corrected chi connectivity index (χ0v) is 15.4. The van der Waals surface area contributed by atoms with Gasteiger partial charge in [-0.25, -0.2) is 4.68 Å². The van der Waals surface area contributed by atoms with E-state index in [4.69, 9.17) is 0 Å². The van der Waals surface area contributed by atoms with Crippen molar-refractivity contribution < 1.29 is 4.79 Å². The highest BCUT2D eigenvalue weighted by Gasteiger charge is 2.28. The minimum atomic E-state index is -0.156. The highest BCUT2D eigenvalue weighted by Crippen LogP contribution is 2.36. The van der Waals surface area contributed by atoms with Crippen LogP contribution in [0, 0.1) is 0 Å². The van der Waals surface area contributed by atoms with Crippen LogP contribution in [0.2, 0.25) is 0 Å². The molecule has 1 aromatic heterocycles. The highest BCUT2D eigenvalue weighted by molar-refractivity contribution is 5.96. The third-order valence-corrected chi connectivity index (χ3v) is 4.87. The van der Waals surface area contributed by atoms with Gasteiger partial charge in [0, 0.05) is 11.3 Å². The van der Waals surface area contributed by atoms with Gasteiger partial charge in [-0.15, -0.1) is 5.10 Å². The summed E-state index contributed by atoms with van der Waals surface area (Å²) in [6.07, 6.45) is 3.99. The average Bonchev–Trinajstić information content (AvgIpc) is 3.43. The van der Waals surface area contributed by atoms with Gasteiger partial charge in [-0.1, -0.05) is 55.8 Å². The third-order valence-electron chi connectivity index (χ3n) is 4.87. The molecule has 1 N–H and O–H groups in total. The van der Waals surface area contributed by atoms with Gasteiger partial charge < -0.3 is 5.32 Å². The highest BCUT2D eigenvalue weighted by atomic mass is 16.1. The number of tetrazole rings is 1. The molecule has 0 unspecified atom stereocenters. The van der Waals surface area contributed by atoms with E-state index < -0.39 is 0 Å². The third kappa shape index (κ3) is 3.89. The largest absolute Gasteiger partial charge is 0.326 e. The zero-order chi connectivity index (χ0) is 18.6. The van der Waals surface area contributed by atoms with E-state index in [9.17, 15) is 4.79 Å². The lowest BCUT2D eigenvalue weighted by atomic mass is 9.93. The van der Waals surface area contributed by atoms with Crippen molar-refractivity contribution in [2.24, 2.45) is 0 Å². The Balaban J connectivity index is 1.55. The number of hydrogen-bond donors (Lipinski definition) is 1. The van der Waals surface area contributed by atoms with Crippen LogP contribution in [0.15, 0.2) is 54.6 Å². The quantitative estimate of drug-likeness (QED) is 0.684. The molecule has 138 valence electrons. The van der Waals surface area contributed by atoms with Gasteiger partial charge in [0.15, 0.2) is 5.82 Å². The van der Waals surface area contributed by atoms with Crippen molar-refractivity contribution >= 4 is 11.6 Å². The van der Waals surface area contributed by atoms with E-state index in [-0.39, 0.29) is 11.8 Å². The lowest BCUT2D eigenvalue weighted by Gasteiger charge is -2.17. The van der Waals surface area contributed by atoms with E-state index in [0.717, 1.165) is 48.3 Å². The van der Waals surface area contributed by atoms with Gasteiger partial charge in [0.2, 0.25) is 5.91 Å². The summed E-state index contributed by atoms with van der Waals surface area (Å²) in [5, 5.41) is 15.2. The second-order valence-electron chi connectivity index (χ2n) is 7.00. The molecule has 6 heteroatoms. The van der Waals surface area contributed by atoms with Crippen LogP contribution < -0.4 is 5.32 Å². The summed E-state index contributed by atoms with van der Waals surface area (Å²) in [7, 11) is 0. The lowest BCUT2D eigenvalue weighted by Crippen LogP contribution is -2.21. The summed E-state index contributed by atoms with van der Waals surface area (Å²) < 4.78 is 1.88. The standard InChI is InChI=1S/C21H23N5O/c1-2-7-19(15-8-4-3-5-9-15)21(27)22-17-11-6-10-16(14-17)20-23-24-25-26(20)18-12-13-18/h3-6,8-11,14,18-19H,2,7,12-13H2,1H3,(H,22,27)/t19-/m1/s1. The van der Waals surface area contributed by atoms with E-state index in [1.165, 1.54) is 0 Å². The summed E-state index contributed by atoms with van der Waals surface area (Å²) in [4.78, 5) is 12.9. The Morgan fingerprint density at radius 1 is 1.19 bits per heavy atom. The summed E-state index contributed by atoms with van der Waals surface area (Å²) >= 11 is 0. The maximum absolute atomic E-state index is 12.9. The number of benzene rings is 2. The van der Waals surface area contributed by atoms with E-state index in [0.29, 0.717) is 6.04 Å². The first-order chi connectivity index (χ1) is 13.3. The molecule has 4 rings (SSSR count). The van der Waals surface area contributed by atoms with Gasteiger partial charge in [-0.3, -0.25) is 4.79 Å². The molecule has 0 aliphatic heterocycles. The van der Waals surface area contributed by atoms with E-state index >= 15 is 0 Å². The topological polar surface area (TPSA) is 72.7 Å². The number of nitrogens with zero attached hydrogens (tertiary/aromatic N) is 4. The van der Waals surface area contributed by atoms with Gasteiger partial charge in [0.25, 0.3) is 0 Å². The summed E-state index contributed by atoms with van der Waals surface area (Å²) in [5.74, 6) is 0.611. The van der Waals surface area contributed by atoms with E-state index in [1.807, 2.05) is 59.3 Å². The molecule has 1 amide bonds. The molecule has 0 bridgehead atoms. The molecular weight excluding hydrogens is 338 g/mol. The van der Waals surface area contributed by atoms with Crippen molar-refractivity contribution in [2.75, 3.05) is 5.32 Å². The molecule has 0 spiro atoms. The van der Waals surface area contributed by atoms with Crippen molar-refractivity contribution in [1.82, 2.24) is 20.2 Å². The molecular formula is C21H23N5O. The van der Waals surface area contributed by atoms with Crippen LogP contribution in [0.4, 0.5) is 5.69 Å². The molecule has 6 nitrogen and oxygen atoms in total. The molecule has 1 aliphatic carbocycles. The Kier molecular flexibility index (Phi) is 4.96. The minimum absolute atomic E-state index is 0.0157. The van der Waals surface area contributed by atoms with E-state index in [2.05, 4.69) is 27.8 Å². The second kappa shape index (κ2) is 7.70. The van der Waals surface area contributed by atoms with Crippen molar-refractivity contribution in [1.29, 1.82) is 0 Å². The Hall–Kier alpha value is -3.02. The lowest BCUT2D eigenvalue weighted by molar-refractivity contribution is -0.117. The number of carbonyl (C=O) groups is 1. The normalized spacial score (nSPS) is 14.7. The minimum Gasteiger partial charge on any atom is -0.326 e. The molecule has 1 fully saturated rings. The van der Waals surface area contributed by atoms with Gasteiger partial charge in [-0.05, 0) is 47.4 Å². The predicted octanol–water partition coefficient (Wildman–Crippen LogP) is 4.20. The number of hydrogen-bond acceptors (Lipinski definition) is 4. The molecule has 27 heavy (non-hydrogen) atoms. The monoisotopic (exact) mass is 361 g/mol. The number of anilines is 1. The van der Waals surface area contributed by atoms with Crippen LogP contribution in [-0.4, -0.2) is 26.1 Å². The Labute approximate surface area is 158 Å². The van der Waals surface area contributed by atoms with Crippen molar-refractivity contribution in [3.8, 4) is 11.4 Å². The van der Waals surface area contributed by atoms with Crippen LogP contribution in [0.1, 0.15) is 50.1 Å². The summed E-state index contributed by atoms with van der Waals surface area (Å²) in [6.45, 7) is 2.10. The van der Waals surface area contributed by atoms with Gasteiger partial charge in [0.05, 0.1) is 12.0 Å². The Morgan fingerprint density at radius 3 is 2.74 bits per heavy atom. The first-order valence-electron chi connectivity index (χ1n) is 9.50. The molecule has 2 aromatic carbocycles. The number of rotatable bonds is 7. The molecule has 1 aliphatic rings. The molecule has 0 saturated heterocycles. The maximum atomic E-state index is 12.9. The SMILES string of the molecule is CCC[C@@H](C(=O)Nc1cccc(-c2nnnn2C2CC2)c1)c1ccccc1.